The molecule has 0 unspecified atom stereocenters. The van der Waals surface area contributed by atoms with Crippen LogP contribution in [0.5, 0.6) is 0 Å². The highest BCUT2D eigenvalue weighted by atomic mass is 16.2. The van der Waals surface area contributed by atoms with Crippen LogP contribution in [0, 0.1) is 0 Å². The maximum atomic E-state index is 12.1. The van der Waals surface area contributed by atoms with Gasteiger partial charge in [0.15, 0.2) is 0 Å². The Hall–Kier alpha value is -2.37. The van der Waals surface area contributed by atoms with E-state index in [1.165, 1.54) is 0 Å². The molecule has 1 fully saturated rings. The Labute approximate surface area is 117 Å². The quantitative estimate of drug-likeness (QED) is 0.758. The van der Waals surface area contributed by atoms with Gasteiger partial charge >= 0.3 is 6.03 Å². The highest BCUT2D eigenvalue weighted by Gasteiger charge is 2.38. The summed E-state index contributed by atoms with van der Waals surface area (Å²) in [5, 5.41) is 5.17. The number of benzene rings is 1. The first-order valence-corrected chi connectivity index (χ1v) is 6.54. The monoisotopic (exact) mass is 275 g/mol. The predicted octanol–water partition coefficient (Wildman–Crippen LogP) is 0.286. The largest absolute Gasteiger partial charge is 0.355 e. The number of hydrogen-bond donors (Lipinski definition) is 2. The predicted molar refractivity (Wildman–Crippen MR) is 72.9 cm³/mol. The maximum Gasteiger partial charge on any atom is 0.325 e. The minimum Gasteiger partial charge on any atom is -0.355 e. The number of nitrogens with zero attached hydrogens (tertiary/aromatic N) is 1. The summed E-state index contributed by atoms with van der Waals surface area (Å²) in [6.45, 7) is 2.02. The van der Waals surface area contributed by atoms with Crippen molar-refractivity contribution in [1.29, 1.82) is 0 Å². The van der Waals surface area contributed by atoms with Crippen LogP contribution < -0.4 is 10.6 Å². The summed E-state index contributed by atoms with van der Waals surface area (Å²) in [5.41, 5.74) is 0.964. The van der Waals surface area contributed by atoms with Gasteiger partial charge in [-0.05, 0) is 12.5 Å². The van der Waals surface area contributed by atoms with Gasteiger partial charge in [-0.15, -0.1) is 0 Å². The molecular weight excluding hydrogens is 258 g/mol. The second-order valence-electron chi connectivity index (χ2n) is 4.57. The van der Waals surface area contributed by atoms with Crippen molar-refractivity contribution in [3.05, 3.63) is 35.9 Å². The van der Waals surface area contributed by atoms with Gasteiger partial charge in [0.1, 0.15) is 12.6 Å². The third-order valence-electron chi connectivity index (χ3n) is 3.07. The normalized spacial score (nSPS) is 18.1. The Morgan fingerprint density at radius 2 is 2.00 bits per heavy atom. The summed E-state index contributed by atoms with van der Waals surface area (Å²) in [4.78, 5) is 36.3. The molecule has 1 aliphatic rings. The highest BCUT2D eigenvalue weighted by molar-refractivity contribution is 6.06. The Morgan fingerprint density at radius 1 is 1.30 bits per heavy atom. The number of likely N-dealkylation sites (N-methyl/N-ethyl adjacent to an activating group) is 1. The summed E-state index contributed by atoms with van der Waals surface area (Å²) < 4.78 is 0. The molecule has 0 saturated carbocycles. The molecule has 0 radical (unpaired) electrons. The molecule has 1 aromatic rings. The number of hydrogen-bond acceptors (Lipinski definition) is 3. The minimum absolute atomic E-state index is 0.232. The van der Waals surface area contributed by atoms with Crippen molar-refractivity contribution in [1.82, 2.24) is 15.5 Å². The molecule has 1 aliphatic heterocycles. The average molecular weight is 275 g/mol. The standard InChI is InChI=1S/C14H17N3O3/c1-2-15-12(18)9-17-13(19)11(16-14(17)20)8-10-6-4-3-5-7-10/h3-7,11H,2,8-9H2,1H3,(H,15,18)(H,16,20)/t11-/m0/s1. The number of nitrogens with one attached hydrogen (secondary N) is 2. The van der Waals surface area contributed by atoms with Crippen molar-refractivity contribution in [3.63, 3.8) is 0 Å². The molecular formula is C14H17N3O3. The lowest BCUT2D eigenvalue weighted by atomic mass is 10.1. The lowest BCUT2D eigenvalue weighted by Gasteiger charge is -2.12. The molecule has 0 aromatic heterocycles. The van der Waals surface area contributed by atoms with E-state index in [0.29, 0.717) is 13.0 Å². The molecule has 0 bridgehead atoms. The fraction of sp³-hybridized carbons (Fsp3) is 0.357. The Morgan fingerprint density at radius 3 is 2.65 bits per heavy atom. The molecule has 1 saturated heterocycles. The smallest absolute Gasteiger partial charge is 0.325 e. The molecule has 4 amide bonds. The summed E-state index contributed by atoms with van der Waals surface area (Å²) >= 11 is 0. The van der Waals surface area contributed by atoms with Crippen LogP contribution in [0.2, 0.25) is 0 Å². The Balaban J connectivity index is 2.00. The molecule has 6 heteroatoms. The van der Waals surface area contributed by atoms with Gasteiger partial charge in [0, 0.05) is 13.0 Å². The van der Waals surface area contributed by atoms with Crippen LogP contribution in [-0.2, 0) is 16.0 Å². The molecule has 20 heavy (non-hydrogen) atoms. The topological polar surface area (TPSA) is 78.5 Å². The molecule has 106 valence electrons. The SMILES string of the molecule is CCNC(=O)CN1C(=O)N[C@@H](Cc2ccccc2)C1=O. The van der Waals surface area contributed by atoms with Gasteiger partial charge in [-0.1, -0.05) is 30.3 Å². The third-order valence-corrected chi connectivity index (χ3v) is 3.07. The van der Waals surface area contributed by atoms with Crippen molar-refractivity contribution in [3.8, 4) is 0 Å². The van der Waals surface area contributed by atoms with Gasteiger partial charge in [-0.3, -0.25) is 14.5 Å². The summed E-state index contributed by atoms with van der Waals surface area (Å²) in [5.74, 6) is -0.693. The maximum absolute atomic E-state index is 12.1. The van der Waals surface area contributed by atoms with Crippen molar-refractivity contribution in [2.75, 3.05) is 13.1 Å². The number of urea groups is 1. The van der Waals surface area contributed by atoms with E-state index < -0.39 is 12.1 Å². The summed E-state index contributed by atoms with van der Waals surface area (Å²) in [6.07, 6.45) is 0.428. The van der Waals surface area contributed by atoms with E-state index >= 15 is 0 Å². The van der Waals surface area contributed by atoms with Crippen LogP contribution in [0.1, 0.15) is 12.5 Å². The zero-order chi connectivity index (χ0) is 14.5. The Kier molecular flexibility index (Phi) is 4.34. The molecule has 1 atom stereocenters. The van der Waals surface area contributed by atoms with E-state index in [4.69, 9.17) is 0 Å². The molecule has 1 aromatic carbocycles. The van der Waals surface area contributed by atoms with Gasteiger partial charge in [-0.2, -0.15) is 0 Å². The van der Waals surface area contributed by atoms with E-state index in [1.807, 2.05) is 30.3 Å². The van der Waals surface area contributed by atoms with E-state index in [2.05, 4.69) is 10.6 Å². The zero-order valence-electron chi connectivity index (χ0n) is 11.3. The van der Waals surface area contributed by atoms with Gasteiger partial charge in [0.2, 0.25) is 5.91 Å². The van der Waals surface area contributed by atoms with Gasteiger partial charge in [-0.25, -0.2) is 4.79 Å². The van der Waals surface area contributed by atoms with E-state index in [1.54, 1.807) is 6.92 Å². The van der Waals surface area contributed by atoms with Crippen LogP contribution in [0.4, 0.5) is 4.79 Å². The van der Waals surface area contributed by atoms with Crippen molar-refractivity contribution < 1.29 is 14.4 Å². The Bertz CT molecular complexity index is 516. The minimum atomic E-state index is -0.598. The molecule has 2 rings (SSSR count). The molecule has 2 N–H and O–H groups in total. The van der Waals surface area contributed by atoms with Gasteiger partial charge in [0.25, 0.3) is 5.91 Å². The first-order chi connectivity index (χ1) is 9.61. The molecule has 1 heterocycles. The number of amides is 4. The lowest BCUT2D eigenvalue weighted by molar-refractivity contribution is -0.132. The summed E-state index contributed by atoms with van der Waals surface area (Å²) in [7, 11) is 0. The van der Waals surface area contributed by atoms with Gasteiger partial charge < -0.3 is 10.6 Å². The molecule has 0 aliphatic carbocycles. The first kappa shape index (κ1) is 14.0. The van der Waals surface area contributed by atoms with E-state index in [9.17, 15) is 14.4 Å². The fourth-order valence-electron chi connectivity index (χ4n) is 2.11. The lowest BCUT2D eigenvalue weighted by Crippen LogP contribution is -2.41. The zero-order valence-corrected chi connectivity index (χ0v) is 11.3. The highest BCUT2D eigenvalue weighted by Crippen LogP contribution is 2.11. The third kappa shape index (κ3) is 3.14. The molecule has 6 nitrogen and oxygen atoms in total. The van der Waals surface area contributed by atoms with Crippen LogP contribution in [0.15, 0.2) is 30.3 Å². The number of imide groups is 1. The first-order valence-electron chi connectivity index (χ1n) is 6.54. The van der Waals surface area contributed by atoms with Crippen LogP contribution >= 0.6 is 0 Å². The summed E-state index contributed by atoms with van der Waals surface area (Å²) in [6, 6.07) is 8.32. The van der Waals surface area contributed by atoms with Crippen LogP contribution in [0.25, 0.3) is 0 Å². The van der Waals surface area contributed by atoms with Crippen molar-refractivity contribution in [2.45, 2.75) is 19.4 Å². The molecule has 0 spiro atoms. The number of carbonyl (C=O) groups is 3. The van der Waals surface area contributed by atoms with Crippen molar-refractivity contribution in [2.24, 2.45) is 0 Å². The second kappa shape index (κ2) is 6.18. The van der Waals surface area contributed by atoms with Crippen molar-refractivity contribution >= 4 is 17.8 Å². The van der Waals surface area contributed by atoms with Crippen LogP contribution in [0.3, 0.4) is 0 Å². The van der Waals surface area contributed by atoms with E-state index in [-0.39, 0.29) is 18.4 Å². The second-order valence-corrected chi connectivity index (χ2v) is 4.57. The number of carbonyl (C=O) groups excluding carboxylic acids is 3. The van der Waals surface area contributed by atoms with E-state index in [0.717, 1.165) is 10.5 Å². The van der Waals surface area contributed by atoms with Gasteiger partial charge in [0.05, 0.1) is 0 Å². The van der Waals surface area contributed by atoms with Crippen LogP contribution in [-0.4, -0.2) is 41.9 Å². The average Bonchev–Trinajstić information content (AvgIpc) is 2.68. The number of rotatable bonds is 5. The fourth-order valence-corrected chi connectivity index (χ4v) is 2.11.